The highest BCUT2D eigenvalue weighted by molar-refractivity contribution is 7.09. The fourth-order valence-corrected chi connectivity index (χ4v) is 2.02. The second kappa shape index (κ2) is 5.68. The Balaban J connectivity index is 1.90. The van der Waals surface area contributed by atoms with Crippen LogP contribution in [0.25, 0.3) is 0 Å². The summed E-state index contributed by atoms with van der Waals surface area (Å²) < 4.78 is 10.4. The van der Waals surface area contributed by atoms with Crippen molar-refractivity contribution in [3.63, 3.8) is 0 Å². The topological polar surface area (TPSA) is 64.4 Å². The first kappa shape index (κ1) is 12.6. The third kappa shape index (κ3) is 3.10. The number of hydrogen-bond acceptors (Lipinski definition) is 5. The van der Waals surface area contributed by atoms with Crippen LogP contribution >= 0.6 is 11.3 Å². The van der Waals surface area contributed by atoms with Crippen LogP contribution in [0.1, 0.15) is 28.2 Å². The molecule has 2 rings (SSSR count). The quantitative estimate of drug-likeness (QED) is 0.902. The van der Waals surface area contributed by atoms with E-state index in [0.717, 1.165) is 10.7 Å². The Kier molecular flexibility index (Phi) is 3.99. The van der Waals surface area contributed by atoms with E-state index < -0.39 is 0 Å². The van der Waals surface area contributed by atoms with E-state index in [1.54, 1.807) is 23.5 Å². The molecular formula is C12H14N2O3S. The van der Waals surface area contributed by atoms with Crippen molar-refractivity contribution in [3.05, 3.63) is 34.0 Å². The molecule has 0 bridgehead atoms. The Bertz CT molecular complexity index is 533. The predicted octanol–water partition coefficient (Wildman–Crippen LogP) is 2.37. The number of nitrogens with zero attached hydrogens (tertiary/aromatic N) is 1. The molecule has 18 heavy (non-hydrogen) atoms. The van der Waals surface area contributed by atoms with Crippen LogP contribution in [0.4, 0.5) is 0 Å². The van der Waals surface area contributed by atoms with E-state index in [0.29, 0.717) is 19.1 Å². The molecule has 0 aliphatic carbocycles. The van der Waals surface area contributed by atoms with E-state index in [9.17, 15) is 4.79 Å². The molecule has 0 saturated heterocycles. The molecule has 0 fully saturated rings. The van der Waals surface area contributed by atoms with E-state index in [2.05, 4.69) is 10.3 Å². The maximum atomic E-state index is 11.8. The van der Waals surface area contributed by atoms with Crippen molar-refractivity contribution in [1.82, 2.24) is 10.3 Å². The average Bonchev–Trinajstić information content (AvgIpc) is 2.96. The Labute approximate surface area is 109 Å². The van der Waals surface area contributed by atoms with Crippen molar-refractivity contribution in [2.24, 2.45) is 0 Å². The first-order valence-corrected chi connectivity index (χ1v) is 6.49. The van der Waals surface area contributed by atoms with Crippen molar-refractivity contribution in [2.45, 2.75) is 20.4 Å². The highest BCUT2D eigenvalue weighted by atomic mass is 32.1. The Morgan fingerprint density at radius 3 is 3.06 bits per heavy atom. The zero-order valence-electron chi connectivity index (χ0n) is 10.2. The fraction of sp³-hybridized carbons (Fsp3) is 0.333. The lowest BCUT2D eigenvalue weighted by atomic mass is 10.4. The molecule has 0 aromatic carbocycles. The summed E-state index contributed by atoms with van der Waals surface area (Å²) in [6.07, 6.45) is 0. The number of hydrogen-bond donors (Lipinski definition) is 1. The number of carbonyl (C=O) groups is 1. The lowest BCUT2D eigenvalue weighted by molar-refractivity contribution is 0.0914. The largest absolute Gasteiger partial charge is 0.465 e. The summed E-state index contributed by atoms with van der Waals surface area (Å²) in [7, 11) is 0. The van der Waals surface area contributed by atoms with Gasteiger partial charge < -0.3 is 14.5 Å². The van der Waals surface area contributed by atoms with Gasteiger partial charge in [0.1, 0.15) is 0 Å². The van der Waals surface area contributed by atoms with E-state index in [1.807, 2.05) is 19.2 Å². The van der Waals surface area contributed by atoms with Crippen LogP contribution in [0.2, 0.25) is 0 Å². The van der Waals surface area contributed by atoms with Gasteiger partial charge >= 0.3 is 0 Å². The molecular weight excluding hydrogens is 252 g/mol. The molecule has 0 aliphatic rings. The molecule has 6 heteroatoms. The molecule has 0 saturated carbocycles. The number of aromatic nitrogens is 1. The molecule has 0 radical (unpaired) electrons. The normalized spacial score (nSPS) is 10.3. The number of thiazole rings is 1. The lowest BCUT2D eigenvalue weighted by Crippen LogP contribution is -2.22. The lowest BCUT2D eigenvalue weighted by Gasteiger charge is -2.00. The van der Waals surface area contributed by atoms with Gasteiger partial charge in [-0.15, -0.1) is 11.3 Å². The van der Waals surface area contributed by atoms with Crippen LogP contribution in [-0.4, -0.2) is 17.5 Å². The zero-order valence-corrected chi connectivity index (χ0v) is 11.0. The van der Waals surface area contributed by atoms with E-state index in [4.69, 9.17) is 9.15 Å². The average molecular weight is 266 g/mol. The van der Waals surface area contributed by atoms with Gasteiger partial charge in [0.05, 0.1) is 23.9 Å². The third-order valence-electron chi connectivity index (χ3n) is 2.19. The molecule has 2 aromatic heterocycles. The first-order chi connectivity index (χ1) is 8.69. The summed E-state index contributed by atoms with van der Waals surface area (Å²) in [6, 6.07) is 3.22. The van der Waals surface area contributed by atoms with Crippen molar-refractivity contribution in [2.75, 3.05) is 6.61 Å². The number of carbonyl (C=O) groups excluding carboxylic acids is 1. The number of ether oxygens (including phenoxy) is 1. The summed E-state index contributed by atoms with van der Waals surface area (Å²) in [5.74, 6) is 0.323. The van der Waals surface area contributed by atoms with Crippen LogP contribution in [-0.2, 0) is 6.54 Å². The minimum absolute atomic E-state index is 0.241. The number of furan rings is 1. The smallest absolute Gasteiger partial charge is 0.287 e. The molecule has 0 unspecified atom stereocenters. The van der Waals surface area contributed by atoms with Crippen LogP contribution in [0.3, 0.4) is 0 Å². The fourth-order valence-electron chi connectivity index (χ4n) is 1.41. The maximum absolute atomic E-state index is 11.8. The van der Waals surface area contributed by atoms with Gasteiger partial charge in [-0.25, -0.2) is 4.98 Å². The summed E-state index contributed by atoms with van der Waals surface area (Å²) >= 11 is 1.56. The van der Waals surface area contributed by atoms with Crippen LogP contribution in [0.5, 0.6) is 5.95 Å². The van der Waals surface area contributed by atoms with Crippen molar-refractivity contribution in [3.8, 4) is 5.95 Å². The van der Waals surface area contributed by atoms with Gasteiger partial charge in [0, 0.05) is 11.4 Å². The van der Waals surface area contributed by atoms with Gasteiger partial charge in [-0.05, 0) is 19.9 Å². The summed E-state index contributed by atoms with van der Waals surface area (Å²) in [6.45, 7) is 4.68. The van der Waals surface area contributed by atoms with Gasteiger partial charge in [0.25, 0.3) is 11.9 Å². The third-order valence-corrected chi connectivity index (χ3v) is 3.01. The molecule has 0 atom stereocenters. The molecule has 2 heterocycles. The Morgan fingerprint density at radius 1 is 1.56 bits per heavy atom. The summed E-state index contributed by atoms with van der Waals surface area (Å²) in [5.41, 5.74) is 0.849. The summed E-state index contributed by atoms with van der Waals surface area (Å²) in [4.78, 5) is 16.0. The van der Waals surface area contributed by atoms with E-state index in [-0.39, 0.29) is 11.7 Å². The van der Waals surface area contributed by atoms with Gasteiger partial charge in [-0.2, -0.15) is 0 Å². The van der Waals surface area contributed by atoms with Crippen LogP contribution in [0, 0.1) is 6.92 Å². The zero-order chi connectivity index (χ0) is 13.0. The van der Waals surface area contributed by atoms with Crippen molar-refractivity contribution in [1.29, 1.82) is 0 Å². The monoisotopic (exact) mass is 266 g/mol. The van der Waals surface area contributed by atoms with Crippen molar-refractivity contribution >= 4 is 17.2 Å². The van der Waals surface area contributed by atoms with Crippen LogP contribution in [0.15, 0.2) is 21.9 Å². The Morgan fingerprint density at radius 2 is 2.39 bits per heavy atom. The van der Waals surface area contributed by atoms with Gasteiger partial charge in [0.15, 0.2) is 5.76 Å². The number of nitrogens with one attached hydrogen (secondary N) is 1. The molecule has 96 valence electrons. The molecule has 1 N–H and O–H groups in total. The SMILES string of the molecule is CCOc1ccc(C(=O)NCc2csc(C)n2)o1. The van der Waals surface area contributed by atoms with Gasteiger partial charge in [-0.1, -0.05) is 0 Å². The van der Waals surface area contributed by atoms with E-state index >= 15 is 0 Å². The summed E-state index contributed by atoms with van der Waals surface area (Å²) in [5, 5.41) is 5.64. The van der Waals surface area contributed by atoms with Crippen molar-refractivity contribution < 1.29 is 13.9 Å². The van der Waals surface area contributed by atoms with Gasteiger partial charge in [0.2, 0.25) is 0 Å². The second-order valence-electron chi connectivity index (χ2n) is 3.59. The highest BCUT2D eigenvalue weighted by Gasteiger charge is 2.11. The Hall–Kier alpha value is -1.82. The van der Waals surface area contributed by atoms with E-state index in [1.165, 1.54) is 0 Å². The minimum atomic E-state index is -0.272. The second-order valence-corrected chi connectivity index (χ2v) is 4.65. The number of rotatable bonds is 5. The molecule has 5 nitrogen and oxygen atoms in total. The highest BCUT2D eigenvalue weighted by Crippen LogP contribution is 2.16. The van der Waals surface area contributed by atoms with Crippen LogP contribution < -0.4 is 10.1 Å². The minimum Gasteiger partial charge on any atom is -0.465 e. The molecule has 2 aromatic rings. The maximum Gasteiger partial charge on any atom is 0.287 e. The number of aryl methyl sites for hydroxylation is 1. The predicted molar refractivity (Wildman–Crippen MR) is 67.9 cm³/mol. The molecule has 0 aliphatic heterocycles. The standard InChI is InChI=1S/C12H14N2O3S/c1-3-16-11-5-4-10(17-11)12(15)13-6-9-7-18-8(2)14-9/h4-5,7H,3,6H2,1-2H3,(H,13,15). The van der Waals surface area contributed by atoms with Gasteiger partial charge in [-0.3, -0.25) is 4.79 Å². The number of amides is 1. The molecule has 0 spiro atoms. The molecule has 1 amide bonds. The first-order valence-electron chi connectivity index (χ1n) is 5.61.